The lowest BCUT2D eigenvalue weighted by molar-refractivity contribution is 0.102. The van der Waals surface area contributed by atoms with Gasteiger partial charge < -0.3 is 11.1 Å². The van der Waals surface area contributed by atoms with Crippen molar-refractivity contribution in [2.24, 2.45) is 0 Å². The average molecular weight is 266 g/mol. The van der Waals surface area contributed by atoms with E-state index in [1.54, 1.807) is 0 Å². The number of amides is 1. The second-order valence-electron chi connectivity index (χ2n) is 3.81. The predicted octanol–water partition coefficient (Wildman–Crippen LogP) is 2.94. The van der Waals surface area contributed by atoms with Crippen molar-refractivity contribution in [3.05, 3.63) is 59.4 Å². The molecule has 0 saturated heterocycles. The number of hydrogen-bond donors (Lipinski definition) is 2. The maximum Gasteiger partial charge on any atom is 0.255 e. The first-order valence-corrected chi connectivity index (χ1v) is 5.29. The Labute approximate surface area is 106 Å². The van der Waals surface area contributed by atoms with Crippen molar-refractivity contribution in [3.63, 3.8) is 0 Å². The number of carbonyl (C=O) groups excluding carboxylic acids is 1. The quantitative estimate of drug-likeness (QED) is 0.821. The van der Waals surface area contributed by atoms with Gasteiger partial charge in [0.25, 0.3) is 5.91 Å². The van der Waals surface area contributed by atoms with E-state index in [0.717, 1.165) is 24.3 Å². The first-order valence-electron chi connectivity index (χ1n) is 5.29. The zero-order valence-corrected chi connectivity index (χ0v) is 9.58. The van der Waals surface area contributed by atoms with Crippen LogP contribution >= 0.6 is 0 Å². The maximum absolute atomic E-state index is 13.3. The minimum atomic E-state index is -0.900. The van der Waals surface area contributed by atoms with Crippen LogP contribution in [0.25, 0.3) is 0 Å². The minimum Gasteiger partial charge on any atom is -0.396 e. The first kappa shape index (κ1) is 12.9. The molecule has 6 heteroatoms. The van der Waals surface area contributed by atoms with Crippen LogP contribution in [0.3, 0.4) is 0 Å². The van der Waals surface area contributed by atoms with E-state index in [9.17, 15) is 18.0 Å². The Morgan fingerprint density at radius 3 is 2.37 bits per heavy atom. The summed E-state index contributed by atoms with van der Waals surface area (Å²) < 4.78 is 39.0. The molecule has 0 heterocycles. The summed E-state index contributed by atoms with van der Waals surface area (Å²) in [6, 6.07) is 6.13. The topological polar surface area (TPSA) is 55.1 Å². The molecule has 2 aromatic rings. The molecule has 2 aromatic carbocycles. The van der Waals surface area contributed by atoms with Gasteiger partial charge in [-0.3, -0.25) is 4.79 Å². The van der Waals surface area contributed by atoms with Crippen LogP contribution in [0.5, 0.6) is 0 Å². The first-order chi connectivity index (χ1) is 8.97. The molecule has 19 heavy (non-hydrogen) atoms. The number of anilines is 2. The van der Waals surface area contributed by atoms with Gasteiger partial charge in [0.15, 0.2) is 0 Å². The van der Waals surface area contributed by atoms with Crippen LogP contribution < -0.4 is 11.1 Å². The lowest BCUT2D eigenvalue weighted by atomic mass is 10.1. The van der Waals surface area contributed by atoms with Crippen molar-refractivity contribution < 1.29 is 18.0 Å². The summed E-state index contributed by atoms with van der Waals surface area (Å²) in [6.45, 7) is 0. The fraction of sp³-hybridized carbons (Fsp3) is 0. The Hall–Kier alpha value is -2.50. The summed E-state index contributed by atoms with van der Waals surface area (Å²) in [5.74, 6) is -2.97. The Kier molecular flexibility index (Phi) is 3.41. The van der Waals surface area contributed by atoms with Gasteiger partial charge in [0.05, 0.1) is 11.4 Å². The minimum absolute atomic E-state index is 0.0719. The highest BCUT2D eigenvalue weighted by Crippen LogP contribution is 2.17. The van der Waals surface area contributed by atoms with E-state index < -0.39 is 23.4 Å². The molecule has 0 radical (unpaired) electrons. The van der Waals surface area contributed by atoms with Crippen molar-refractivity contribution >= 4 is 17.3 Å². The Balaban J connectivity index is 2.23. The molecule has 0 saturated carbocycles. The summed E-state index contributed by atoms with van der Waals surface area (Å²) in [6.07, 6.45) is 0. The molecule has 0 spiro atoms. The van der Waals surface area contributed by atoms with Gasteiger partial charge in [0.1, 0.15) is 17.5 Å². The molecular weight excluding hydrogens is 257 g/mol. The average Bonchev–Trinajstić information content (AvgIpc) is 2.36. The van der Waals surface area contributed by atoms with Gasteiger partial charge in [-0.25, -0.2) is 13.2 Å². The van der Waals surface area contributed by atoms with E-state index >= 15 is 0 Å². The monoisotopic (exact) mass is 266 g/mol. The highest BCUT2D eigenvalue weighted by atomic mass is 19.1. The molecule has 3 nitrogen and oxygen atoms in total. The fourth-order valence-corrected chi connectivity index (χ4v) is 1.47. The van der Waals surface area contributed by atoms with Gasteiger partial charge in [-0.1, -0.05) is 0 Å². The van der Waals surface area contributed by atoms with E-state index in [2.05, 4.69) is 5.32 Å². The standard InChI is InChI=1S/C13H9F3N2O/c14-8-2-4-12(10(16)6-8)18-13(19)7-1-3-9(15)11(17)5-7/h1-6H,17H2,(H,18,19). The molecule has 0 bridgehead atoms. The number of carbonyl (C=O) groups is 1. The molecule has 0 aromatic heterocycles. The van der Waals surface area contributed by atoms with E-state index in [-0.39, 0.29) is 16.9 Å². The zero-order chi connectivity index (χ0) is 14.0. The summed E-state index contributed by atoms with van der Waals surface area (Å²) in [4.78, 5) is 11.8. The van der Waals surface area contributed by atoms with Crippen LogP contribution in [-0.2, 0) is 0 Å². The molecular formula is C13H9F3N2O. The molecule has 0 unspecified atom stereocenters. The molecule has 1 amide bonds. The lowest BCUT2D eigenvalue weighted by Crippen LogP contribution is -2.13. The van der Waals surface area contributed by atoms with Gasteiger partial charge in [0, 0.05) is 11.6 Å². The number of hydrogen-bond acceptors (Lipinski definition) is 2. The molecule has 0 aliphatic heterocycles. The predicted molar refractivity (Wildman–Crippen MR) is 65.1 cm³/mol. The third-order valence-corrected chi connectivity index (χ3v) is 2.44. The molecule has 0 aliphatic carbocycles. The second kappa shape index (κ2) is 5.01. The van der Waals surface area contributed by atoms with Crippen molar-refractivity contribution in [1.82, 2.24) is 0 Å². The highest BCUT2D eigenvalue weighted by Gasteiger charge is 2.11. The molecule has 2 rings (SSSR count). The lowest BCUT2D eigenvalue weighted by Gasteiger charge is -2.07. The number of rotatable bonds is 2. The number of nitrogens with two attached hydrogens (primary N) is 1. The summed E-state index contributed by atoms with van der Waals surface area (Å²) in [5, 5.41) is 2.24. The second-order valence-corrected chi connectivity index (χ2v) is 3.81. The fourth-order valence-electron chi connectivity index (χ4n) is 1.47. The summed E-state index contributed by atoms with van der Waals surface area (Å²) in [7, 11) is 0. The smallest absolute Gasteiger partial charge is 0.255 e. The Morgan fingerprint density at radius 1 is 1.00 bits per heavy atom. The largest absolute Gasteiger partial charge is 0.396 e. The van der Waals surface area contributed by atoms with Crippen LogP contribution in [0.4, 0.5) is 24.5 Å². The van der Waals surface area contributed by atoms with Crippen LogP contribution in [-0.4, -0.2) is 5.91 Å². The van der Waals surface area contributed by atoms with E-state index in [0.29, 0.717) is 6.07 Å². The number of benzene rings is 2. The Bertz CT molecular complexity index is 644. The van der Waals surface area contributed by atoms with Gasteiger partial charge in [-0.05, 0) is 30.3 Å². The third kappa shape index (κ3) is 2.85. The molecule has 0 fully saturated rings. The van der Waals surface area contributed by atoms with E-state index in [4.69, 9.17) is 5.73 Å². The van der Waals surface area contributed by atoms with Crippen LogP contribution in [0.1, 0.15) is 10.4 Å². The normalized spacial score (nSPS) is 10.3. The third-order valence-electron chi connectivity index (χ3n) is 2.44. The summed E-state index contributed by atoms with van der Waals surface area (Å²) in [5.41, 5.74) is 5.04. The summed E-state index contributed by atoms with van der Waals surface area (Å²) >= 11 is 0. The van der Waals surface area contributed by atoms with Crippen molar-refractivity contribution in [2.75, 3.05) is 11.1 Å². The van der Waals surface area contributed by atoms with Crippen molar-refractivity contribution in [2.45, 2.75) is 0 Å². The Morgan fingerprint density at radius 2 is 1.74 bits per heavy atom. The van der Waals surface area contributed by atoms with Crippen molar-refractivity contribution in [1.29, 1.82) is 0 Å². The SMILES string of the molecule is Nc1cc(C(=O)Nc2ccc(F)cc2F)ccc1F. The van der Waals surface area contributed by atoms with Gasteiger partial charge in [-0.15, -0.1) is 0 Å². The molecule has 0 aliphatic rings. The number of halogens is 3. The number of nitrogen functional groups attached to an aromatic ring is 1. The van der Waals surface area contributed by atoms with E-state index in [1.165, 1.54) is 6.07 Å². The number of nitrogens with one attached hydrogen (secondary N) is 1. The van der Waals surface area contributed by atoms with Gasteiger partial charge in [-0.2, -0.15) is 0 Å². The van der Waals surface area contributed by atoms with Gasteiger partial charge in [0.2, 0.25) is 0 Å². The van der Waals surface area contributed by atoms with Crippen LogP contribution in [0, 0.1) is 17.5 Å². The molecule has 98 valence electrons. The van der Waals surface area contributed by atoms with E-state index in [1.807, 2.05) is 0 Å². The highest BCUT2D eigenvalue weighted by molar-refractivity contribution is 6.04. The maximum atomic E-state index is 13.3. The van der Waals surface area contributed by atoms with Crippen LogP contribution in [0.2, 0.25) is 0 Å². The molecule has 3 N–H and O–H groups in total. The van der Waals surface area contributed by atoms with Crippen molar-refractivity contribution in [3.8, 4) is 0 Å². The zero-order valence-electron chi connectivity index (χ0n) is 9.58. The van der Waals surface area contributed by atoms with Crippen LogP contribution in [0.15, 0.2) is 36.4 Å². The van der Waals surface area contributed by atoms with Gasteiger partial charge >= 0.3 is 0 Å². The molecule has 0 atom stereocenters.